The predicted molar refractivity (Wildman–Crippen MR) is 53.4 cm³/mol. The molecule has 1 atom stereocenters. The molecule has 0 radical (unpaired) electrons. The zero-order valence-corrected chi connectivity index (χ0v) is 8.89. The van der Waals surface area contributed by atoms with Crippen molar-refractivity contribution in [3.8, 4) is 0 Å². The van der Waals surface area contributed by atoms with Crippen LogP contribution < -0.4 is 0 Å². The van der Waals surface area contributed by atoms with Crippen LogP contribution in [-0.2, 0) is 4.79 Å². The summed E-state index contributed by atoms with van der Waals surface area (Å²) in [4.78, 5) is 10.8. The molecule has 1 nitrogen and oxygen atoms in total. The lowest BCUT2D eigenvalue weighted by Gasteiger charge is -2.07. The minimum absolute atomic E-state index is 0.248. The summed E-state index contributed by atoms with van der Waals surface area (Å²) < 4.78 is 0.923. The molecule has 1 aromatic rings. The molecule has 0 saturated carbocycles. The van der Waals surface area contributed by atoms with Crippen LogP contribution in [0.2, 0.25) is 0 Å². The van der Waals surface area contributed by atoms with E-state index < -0.39 is 0 Å². The summed E-state index contributed by atoms with van der Waals surface area (Å²) in [6, 6.07) is 7.57. The molecule has 64 valence electrons. The number of carbonyl (C=O) groups is 1. The molecule has 1 rings (SSSR count). The predicted octanol–water partition coefficient (Wildman–Crippen LogP) is 3.32. The lowest BCUT2D eigenvalue weighted by Crippen LogP contribution is -2.02. The fourth-order valence-corrected chi connectivity index (χ4v) is 1.69. The highest BCUT2D eigenvalue weighted by Crippen LogP contribution is 2.25. The highest BCUT2D eigenvalue weighted by molar-refractivity contribution is 9.10. The minimum atomic E-state index is -0.332. The van der Waals surface area contributed by atoms with E-state index in [4.69, 9.17) is 11.6 Å². The number of halogens is 2. The van der Waals surface area contributed by atoms with Crippen molar-refractivity contribution in [2.45, 2.75) is 12.8 Å². The molecule has 0 N–H and O–H groups in total. The lowest BCUT2D eigenvalue weighted by atomic mass is 10.0. The van der Waals surface area contributed by atoms with Crippen LogP contribution in [0.4, 0.5) is 0 Å². The Morgan fingerprint density at radius 2 is 2.08 bits per heavy atom. The van der Waals surface area contributed by atoms with E-state index in [0.717, 1.165) is 10.0 Å². The normalized spacial score (nSPS) is 12.6. The molecule has 12 heavy (non-hydrogen) atoms. The first kappa shape index (κ1) is 9.75. The maximum absolute atomic E-state index is 10.8. The minimum Gasteiger partial charge on any atom is -0.281 e. The van der Waals surface area contributed by atoms with Gasteiger partial charge in [0.05, 0.1) is 5.92 Å². The van der Waals surface area contributed by atoms with E-state index in [1.165, 1.54) is 0 Å². The molecule has 0 fully saturated rings. The van der Waals surface area contributed by atoms with Gasteiger partial charge in [-0.2, -0.15) is 0 Å². The van der Waals surface area contributed by atoms with Crippen LogP contribution in [0.3, 0.4) is 0 Å². The molecule has 0 aliphatic heterocycles. The van der Waals surface area contributed by atoms with Gasteiger partial charge in [0.25, 0.3) is 0 Å². The second-order valence-electron chi connectivity index (χ2n) is 2.55. The van der Waals surface area contributed by atoms with E-state index in [1.807, 2.05) is 24.3 Å². The van der Waals surface area contributed by atoms with Crippen molar-refractivity contribution < 1.29 is 4.79 Å². The standard InChI is InChI=1S/C9H8BrClO/c1-6(9(11)12)7-4-2-3-5-8(7)10/h2-6H,1H3/t6-/m0/s1. The second-order valence-corrected chi connectivity index (χ2v) is 3.77. The van der Waals surface area contributed by atoms with Crippen LogP contribution in [-0.4, -0.2) is 5.24 Å². The van der Waals surface area contributed by atoms with E-state index in [0.29, 0.717) is 0 Å². The summed E-state index contributed by atoms with van der Waals surface area (Å²) in [7, 11) is 0. The largest absolute Gasteiger partial charge is 0.281 e. The summed E-state index contributed by atoms with van der Waals surface area (Å²) in [6.07, 6.45) is 0. The van der Waals surface area contributed by atoms with Gasteiger partial charge in [0, 0.05) is 4.47 Å². The van der Waals surface area contributed by atoms with Gasteiger partial charge in [0.1, 0.15) is 0 Å². The first-order valence-corrected chi connectivity index (χ1v) is 4.74. The highest BCUT2D eigenvalue weighted by atomic mass is 79.9. The highest BCUT2D eigenvalue weighted by Gasteiger charge is 2.14. The maximum Gasteiger partial charge on any atom is 0.228 e. The Hall–Kier alpha value is -0.340. The third-order valence-electron chi connectivity index (χ3n) is 1.71. The Kier molecular flexibility index (Phi) is 3.29. The zero-order chi connectivity index (χ0) is 9.14. The van der Waals surface area contributed by atoms with Gasteiger partial charge in [-0.25, -0.2) is 0 Å². The summed E-state index contributed by atoms with van der Waals surface area (Å²) >= 11 is 8.73. The molecular weight excluding hydrogens is 239 g/mol. The van der Waals surface area contributed by atoms with Gasteiger partial charge in [0.15, 0.2) is 0 Å². The Balaban J connectivity index is 3.02. The van der Waals surface area contributed by atoms with Crippen molar-refractivity contribution in [1.29, 1.82) is 0 Å². The van der Waals surface area contributed by atoms with Gasteiger partial charge < -0.3 is 0 Å². The molecule has 0 saturated heterocycles. The van der Waals surface area contributed by atoms with Crippen molar-refractivity contribution in [2.24, 2.45) is 0 Å². The fourth-order valence-electron chi connectivity index (χ4n) is 0.949. The lowest BCUT2D eigenvalue weighted by molar-refractivity contribution is -0.112. The summed E-state index contributed by atoms with van der Waals surface area (Å²) in [5.41, 5.74) is 0.928. The van der Waals surface area contributed by atoms with Crippen molar-refractivity contribution in [3.63, 3.8) is 0 Å². The third kappa shape index (κ3) is 2.08. The average molecular weight is 248 g/mol. The van der Waals surface area contributed by atoms with E-state index in [-0.39, 0.29) is 11.2 Å². The van der Waals surface area contributed by atoms with Crippen LogP contribution in [0.5, 0.6) is 0 Å². The molecule has 0 heterocycles. The van der Waals surface area contributed by atoms with E-state index in [2.05, 4.69) is 15.9 Å². The molecule has 1 aromatic carbocycles. The quantitative estimate of drug-likeness (QED) is 0.733. The molecule has 3 heteroatoms. The maximum atomic E-state index is 10.8. The van der Waals surface area contributed by atoms with Crippen LogP contribution in [0.25, 0.3) is 0 Å². The Bertz CT molecular complexity index is 298. The number of carbonyl (C=O) groups excluding carboxylic acids is 1. The van der Waals surface area contributed by atoms with Gasteiger partial charge >= 0.3 is 0 Å². The number of rotatable bonds is 2. The molecule has 0 bridgehead atoms. The van der Waals surface area contributed by atoms with Gasteiger partial charge in [-0.05, 0) is 23.2 Å². The van der Waals surface area contributed by atoms with E-state index >= 15 is 0 Å². The molecule has 0 amide bonds. The van der Waals surface area contributed by atoms with Crippen molar-refractivity contribution in [3.05, 3.63) is 34.3 Å². The van der Waals surface area contributed by atoms with Crippen LogP contribution >= 0.6 is 27.5 Å². The Morgan fingerprint density at radius 1 is 1.50 bits per heavy atom. The summed E-state index contributed by atoms with van der Waals surface area (Å²) in [5.74, 6) is -0.248. The zero-order valence-electron chi connectivity index (χ0n) is 6.55. The first-order valence-electron chi connectivity index (χ1n) is 3.56. The topological polar surface area (TPSA) is 17.1 Å². The van der Waals surface area contributed by atoms with Gasteiger partial charge in [-0.1, -0.05) is 41.1 Å². The Morgan fingerprint density at radius 3 is 2.58 bits per heavy atom. The van der Waals surface area contributed by atoms with E-state index in [1.54, 1.807) is 6.92 Å². The van der Waals surface area contributed by atoms with E-state index in [9.17, 15) is 4.79 Å². The van der Waals surface area contributed by atoms with Crippen molar-refractivity contribution in [2.75, 3.05) is 0 Å². The number of hydrogen-bond donors (Lipinski definition) is 0. The van der Waals surface area contributed by atoms with Crippen molar-refractivity contribution in [1.82, 2.24) is 0 Å². The first-order chi connectivity index (χ1) is 5.63. The molecule has 0 spiro atoms. The molecular formula is C9H8BrClO. The van der Waals surface area contributed by atoms with Crippen molar-refractivity contribution >= 4 is 32.8 Å². The number of benzene rings is 1. The van der Waals surface area contributed by atoms with Gasteiger partial charge in [-0.3, -0.25) is 4.79 Å². The Labute approximate surface area is 84.9 Å². The summed E-state index contributed by atoms with van der Waals surface area (Å²) in [5, 5.41) is -0.332. The third-order valence-corrected chi connectivity index (χ3v) is 2.76. The molecule has 0 aliphatic rings. The molecule has 0 unspecified atom stereocenters. The smallest absolute Gasteiger partial charge is 0.228 e. The van der Waals surface area contributed by atoms with Gasteiger partial charge in [0.2, 0.25) is 5.24 Å². The van der Waals surface area contributed by atoms with Gasteiger partial charge in [-0.15, -0.1) is 0 Å². The monoisotopic (exact) mass is 246 g/mol. The fraction of sp³-hybridized carbons (Fsp3) is 0.222. The summed E-state index contributed by atoms with van der Waals surface area (Å²) in [6.45, 7) is 1.79. The second kappa shape index (κ2) is 4.06. The van der Waals surface area contributed by atoms with Crippen LogP contribution in [0.15, 0.2) is 28.7 Å². The number of hydrogen-bond acceptors (Lipinski definition) is 1. The molecule has 0 aliphatic carbocycles. The SMILES string of the molecule is C[C@H](C(=O)Cl)c1ccccc1Br. The van der Waals surface area contributed by atoms with Crippen LogP contribution in [0.1, 0.15) is 18.4 Å². The average Bonchev–Trinajstić information content (AvgIpc) is 2.04. The molecule has 0 aromatic heterocycles. The van der Waals surface area contributed by atoms with Crippen LogP contribution in [0, 0.1) is 0 Å².